The van der Waals surface area contributed by atoms with Gasteiger partial charge in [0.05, 0.1) is 32.1 Å². The zero-order valence-corrected chi connectivity index (χ0v) is 11.1. The number of aryl methyl sites for hydroxylation is 1. The van der Waals surface area contributed by atoms with Crippen LogP contribution in [0.1, 0.15) is 12.5 Å². The number of aromatic nitrogens is 2. The van der Waals surface area contributed by atoms with Crippen LogP contribution < -0.4 is 5.32 Å². The van der Waals surface area contributed by atoms with Gasteiger partial charge in [0.2, 0.25) is 0 Å². The van der Waals surface area contributed by atoms with E-state index in [1.54, 1.807) is 10.9 Å². The van der Waals surface area contributed by atoms with Crippen molar-refractivity contribution in [2.45, 2.75) is 19.6 Å². The van der Waals surface area contributed by atoms with Gasteiger partial charge in [0.15, 0.2) is 0 Å². The van der Waals surface area contributed by atoms with E-state index in [2.05, 4.69) is 10.4 Å². The first-order chi connectivity index (χ1) is 8.72. The van der Waals surface area contributed by atoms with E-state index >= 15 is 0 Å². The zero-order valence-electron chi connectivity index (χ0n) is 11.1. The fraction of sp³-hybridized carbons (Fsp3) is 0.750. The summed E-state index contributed by atoms with van der Waals surface area (Å²) in [6, 6.07) is 0. The lowest BCUT2D eigenvalue weighted by Gasteiger charge is -2.11. The van der Waals surface area contributed by atoms with Crippen molar-refractivity contribution in [3.8, 4) is 0 Å². The molecule has 0 saturated carbocycles. The van der Waals surface area contributed by atoms with Crippen molar-refractivity contribution in [3.05, 3.63) is 18.0 Å². The number of rotatable bonds is 10. The lowest BCUT2D eigenvalue weighted by molar-refractivity contribution is 0.00642. The van der Waals surface area contributed by atoms with E-state index in [4.69, 9.17) is 9.47 Å². The van der Waals surface area contributed by atoms with Gasteiger partial charge >= 0.3 is 0 Å². The number of aliphatic hydroxyl groups is 1. The molecule has 18 heavy (non-hydrogen) atoms. The maximum atomic E-state index is 9.64. The highest BCUT2D eigenvalue weighted by Crippen LogP contribution is 1.95. The van der Waals surface area contributed by atoms with Gasteiger partial charge in [-0.2, -0.15) is 5.10 Å². The van der Waals surface area contributed by atoms with Crippen LogP contribution in [0.25, 0.3) is 0 Å². The van der Waals surface area contributed by atoms with Gasteiger partial charge in [-0.1, -0.05) is 0 Å². The monoisotopic (exact) mass is 257 g/mol. The van der Waals surface area contributed by atoms with Crippen LogP contribution in [0.15, 0.2) is 12.4 Å². The minimum absolute atomic E-state index is 0.327. The quantitative estimate of drug-likeness (QED) is 0.574. The molecular formula is C12H23N3O3. The predicted octanol–water partition coefficient (Wildman–Crippen LogP) is -0.0763. The second-order valence-electron chi connectivity index (χ2n) is 4.08. The summed E-state index contributed by atoms with van der Waals surface area (Å²) >= 11 is 0. The summed E-state index contributed by atoms with van der Waals surface area (Å²) in [7, 11) is 1.88. The smallest absolute Gasteiger partial charge is 0.0897 e. The van der Waals surface area contributed by atoms with Crippen LogP contribution in [-0.4, -0.2) is 54.0 Å². The molecule has 6 heteroatoms. The lowest BCUT2D eigenvalue weighted by atomic mass is 10.3. The van der Waals surface area contributed by atoms with E-state index in [9.17, 15) is 5.11 Å². The number of nitrogens with one attached hydrogen (secondary N) is 1. The second-order valence-corrected chi connectivity index (χ2v) is 4.08. The van der Waals surface area contributed by atoms with E-state index in [0.717, 1.165) is 5.56 Å². The van der Waals surface area contributed by atoms with Gasteiger partial charge in [0.25, 0.3) is 0 Å². The van der Waals surface area contributed by atoms with Gasteiger partial charge in [-0.05, 0) is 6.92 Å². The van der Waals surface area contributed by atoms with Crippen LogP contribution in [0, 0.1) is 0 Å². The predicted molar refractivity (Wildman–Crippen MR) is 68.2 cm³/mol. The standard InChI is InChI=1S/C12H23N3O3/c1-3-17-4-5-18-10-12(16)8-13-6-11-7-14-15(2)9-11/h7,9,12-13,16H,3-6,8,10H2,1-2H3. The molecule has 0 radical (unpaired) electrons. The number of aliphatic hydroxyl groups excluding tert-OH is 1. The molecule has 2 N–H and O–H groups in total. The molecule has 1 rings (SSSR count). The Kier molecular flexibility index (Phi) is 7.59. The van der Waals surface area contributed by atoms with Gasteiger partial charge in [-0.3, -0.25) is 4.68 Å². The fourth-order valence-electron chi connectivity index (χ4n) is 1.49. The van der Waals surface area contributed by atoms with Gasteiger partial charge in [-0.15, -0.1) is 0 Å². The molecule has 1 unspecified atom stereocenters. The van der Waals surface area contributed by atoms with Gasteiger partial charge in [0, 0.05) is 38.5 Å². The molecule has 1 aromatic rings. The van der Waals surface area contributed by atoms with Crippen molar-refractivity contribution in [1.82, 2.24) is 15.1 Å². The van der Waals surface area contributed by atoms with E-state index in [-0.39, 0.29) is 0 Å². The largest absolute Gasteiger partial charge is 0.389 e. The maximum absolute atomic E-state index is 9.64. The Bertz CT molecular complexity index is 317. The molecule has 1 heterocycles. The summed E-state index contributed by atoms with van der Waals surface area (Å²) in [5.74, 6) is 0. The molecule has 0 aliphatic heterocycles. The molecule has 1 atom stereocenters. The topological polar surface area (TPSA) is 68.5 Å². The molecule has 0 aromatic carbocycles. The van der Waals surface area contributed by atoms with Crippen LogP contribution >= 0.6 is 0 Å². The molecule has 0 aliphatic rings. The Morgan fingerprint density at radius 3 is 2.89 bits per heavy atom. The third-order valence-corrected chi connectivity index (χ3v) is 2.35. The van der Waals surface area contributed by atoms with Crippen LogP contribution in [0.5, 0.6) is 0 Å². The number of hydrogen-bond acceptors (Lipinski definition) is 5. The highest BCUT2D eigenvalue weighted by Gasteiger charge is 2.04. The van der Waals surface area contributed by atoms with Crippen molar-refractivity contribution in [1.29, 1.82) is 0 Å². The van der Waals surface area contributed by atoms with Crippen LogP contribution in [-0.2, 0) is 23.1 Å². The summed E-state index contributed by atoms with van der Waals surface area (Å²) in [6.45, 7) is 5.26. The summed E-state index contributed by atoms with van der Waals surface area (Å²) in [6.07, 6.45) is 3.25. The zero-order chi connectivity index (χ0) is 13.2. The third kappa shape index (κ3) is 6.70. The first-order valence-corrected chi connectivity index (χ1v) is 6.24. The minimum atomic E-state index is -0.497. The number of ether oxygens (including phenoxy) is 2. The highest BCUT2D eigenvalue weighted by molar-refractivity contribution is 5.02. The molecular weight excluding hydrogens is 234 g/mol. The van der Waals surface area contributed by atoms with Gasteiger partial charge in [0.1, 0.15) is 0 Å². The second kappa shape index (κ2) is 9.04. The average molecular weight is 257 g/mol. The summed E-state index contributed by atoms with van der Waals surface area (Å²) in [4.78, 5) is 0. The molecule has 0 saturated heterocycles. The Hall–Kier alpha value is -0.950. The summed E-state index contributed by atoms with van der Waals surface area (Å²) in [5.41, 5.74) is 1.10. The number of hydrogen-bond donors (Lipinski definition) is 2. The first kappa shape index (κ1) is 15.1. The molecule has 1 aromatic heterocycles. The van der Waals surface area contributed by atoms with Crippen LogP contribution in [0.3, 0.4) is 0 Å². The average Bonchev–Trinajstić information content (AvgIpc) is 2.75. The molecule has 0 aliphatic carbocycles. The van der Waals surface area contributed by atoms with Crippen molar-refractivity contribution in [3.63, 3.8) is 0 Å². The Morgan fingerprint density at radius 1 is 1.44 bits per heavy atom. The normalized spacial score (nSPS) is 12.8. The SMILES string of the molecule is CCOCCOCC(O)CNCc1cnn(C)c1. The van der Waals surface area contributed by atoms with Gasteiger partial charge < -0.3 is 19.9 Å². The fourth-order valence-corrected chi connectivity index (χ4v) is 1.49. The number of nitrogens with zero attached hydrogens (tertiary/aromatic N) is 2. The van der Waals surface area contributed by atoms with Crippen molar-refractivity contribution >= 4 is 0 Å². The Labute approximate surface area is 108 Å². The van der Waals surface area contributed by atoms with E-state index in [0.29, 0.717) is 39.5 Å². The van der Waals surface area contributed by atoms with E-state index in [1.807, 2.05) is 20.2 Å². The van der Waals surface area contributed by atoms with Crippen LogP contribution in [0.2, 0.25) is 0 Å². The highest BCUT2D eigenvalue weighted by atomic mass is 16.5. The van der Waals surface area contributed by atoms with E-state index < -0.39 is 6.10 Å². The first-order valence-electron chi connectivity index (χ1n) is 6.24. The molecule has 104 valence electrons. The van der Waals surface area contributed by atoms with Crippen molar-refractivity contribution in [2.75, 3.05) is 33.0 Å². The molecule has 6 nitrogen and oxygen atoms in total. The Balaban J connectivity index is 1.98. The van der Waals surface area contributed by atoms with E-state index in [1.165, 1.54) is 0 Å². The van der Waals surface area contributed by atoms with Crippen molar-refractivity contribution < 1.29 is 14.6 Å². The summed E-state index contributed by atoms with van der Waals surface area (Å²) in [5, 5.41) is 16.9. The van der Waals surface area contributed by atoms with Gasteiger partial charge in [-0.25, -0.2) is 0 Å². The molecule has 0 spiro atoms. The summed E-state index contributed by atoms with van der Waals surface area (Å²) < 4.78 is 12.2. The minimum Gasteiger partial charge on any atom is -0.389 e. The molecule has 0 amide bonds. The molecule has 0 bridgehead atoms. The van der Waals surface area contributed by atoms with Crippen molar-refractivity contribution in [2.24, 2.45) is 7.05 Å². The molecule has 0 fully saturated rings. The lowest BCUT2D eigenvalue weighted by Crippen LogP contribution is -2.30. The Morgan fingerprint density at radius 2 is 2.22 bits per heavy atom. The van der Waals surface area contributed by atoms with Crippen LogP contribution in [0.4, 0.5) is 0 Å². The maximum Gasteiger partial charge on any atom is 0.0897 e. The third-order valence-electron chi connectivity index (χ3n) is 2.35.